The van der Waals surface area contributed by atoms with Crippen LogP contribution in [0.2, 0.25) is 0 Å². The lowest BCUT2D eigenvalue weighted by Crippen LogP contribution is -2.25. The average molecular weight is 179 g/mol. The van der Waals surface area contributed by atoms with Crippen molar-refractivity contribution in [3.63, 3.8) is 0 Å². The second-order valence-corrected chi connectivity index (χ2v) is 2.79. The Morgan fingerprint density at radius 1 is 1.62 bits per heavy atom. The molecule has 1 aromatic rings. The van der Waals surface area contributed by atoms with Crippen LogP contribution in [0.4, 0.5) is 0 Å². The highest BCUT2D eigenvalue weighted by Crippen LogP contribution is 2.01. The van der Waals surface area contributed by atoms with Crippen LogP contribution in [0.25, 0.3) is 0 Å². The molecule has 1 N–H and O–H groups in total. The first kappa shape index (κ1) is 9.64. The first-order chi connectivity index (χ1) is 6.25. The van der Waals surface area contributed by atoms with Crippen molar-refractivity contribution in [2.24, 2.45) is 0 Å². The third-order valence-corrected chi connectivity index (χ3v) is 1.69. The van der Waals surface area contributed by atoms with E-state index >= 15 is 0 Å². The maximum atomic E-state index is 11.4. The Bertz CT molecular complexity index is 299. The predicted molar refractivity (Wildman–Crippen MR) is 49.4 cm³/mol. The largest absolute Gasteiger partial charge is 0.352 e. The summed E-state index contributed by atoms with van der Waals surface area (Å²) in [4.78, 5) is 11.4. The number of amides is 1. The zero-order valence-electron chi connectivity index (χ0n) is 7.87. The maximum Gasteiger partial charge on any atom is 0.253 e. The number of nitrogens with one attached hydrogen (secondary N) is 1. The number of hydrogen-bond acceptors (Lipinski definition) is 3. The first-order valence-electron chi connectivity index (χ1n) is 4.32. The van der Waals surface area contributed by atoms with Gasteiger partial charge in [-0.3, -0.25) is 4.79 Å². The van der Waals surface area contributed by atoms with Crippen molar-refractivity contribution >= 4 is 5.91 Å². The number of rotatable bonds is 3. The molecule has 4 heteroatoms. The van der Waals surface area contributed by atoms with Gasteiger partial charge in [-0.2, -0.15) is 10.2 Å². The van der Waals surface area contributed by atoms with Crippen molar-refractivity contribution in [3.8, 4) is 0 Å². The second kappa shape index (κ2) is 4.54. The molecule has 1 amide bonds. The molecule has 13 heavy (non-hydrogen) atoms. The van der Waals surface area contributed by atoms with Crippen LogP contribution in [-0.2, 0) is 0 Å². The Balaban J connectivity index is 2.71. The molecule has 0 spiro atoms. The van der Waals surface area contributed by atoms with Crippen molar-refractivity contribution in [1.29, 1.82) is 0 Å². The minimum Gasteiger partial charge on any atom is -0.352 e. The molecule has 0 aliphatic carbocycles. The van der Waals surface area contributed by atoms with E-state index in [1.807, 2.05) is 6.92 Å². The molecule has 0 unspecified atom stereocenters. The zero-order valence-corrected chi connectivity index (χ0v) is 7.87. The maximum absolute atomic E-state index is 11.4. The Labute approximate surface area is 77.4 Å². The SMILES string of the molecule is CCCNC(=O)c1ccnnc1C. The summed E-state index contributed by atoms with van der Waals surface area (Å²) in [5, 5.41) is 10.3. The van der Waals surface area contributed by atoms with Crippen LogP contribution in [0, 0.1) is 6.92 Å². The lowest BCUT2D eigenvalue weighted by molar-refractivity contribution is 0.0952. The van der Waals surface area contributed by atoms with E-state index in [2.05, 4.69) is 15.5 Å². The third kappa shape index (κ3) is 2.50. The molecule has 0 saturated heterocycles. The Hall–Kier alpha value is -1.45. The van der Waals surface area contributed by atoms with Gasteiger partial charge in [0.15, 0.2) is 0 Å². The van der Waals surface area contributed by atoms with Gasteiger partial charge in [-0.1, -0.05) is 6.92 Å². The van der Waals surface area contributed by atoms with Gasteiger partial charge in [0, 0.05) is 6.54 Å². The average Bonchev–Trinajstić information content (AvgIpc) is 2.15. The molecule has 70 valence electrons. The van der Waals surface area contributed by atoms with Crippen LogP contribution in [0.15, 0.2) is 12.3 Å². The quantitative estimate of drug-likeness (QED) is 0.750. The van der Waals surface area contributed by atoms with Crippen molar-refractivity contribution < 1.29 is 4.79 Å². The van der Waals surface area contributed by atoms with Crippen LogP contribution in [0.1, 0.15) is 29.4 Å². The predicted octanol–water partition coefficient (Wildman–Crippen LogP) is 0.925. The van der Waals surface area contributed by atoms with Gasteiger partial charge in [0.1, 0.15) is 0 Å². The van der Waals surface area contributed by atoms with Gasteiger partial charge in [-0.25, -0.2) is 0 Å². The highest BCUT2D eigenvalue weighted by atomic mass is 16.1. The monoisotopic (exact) mass is 179 g/mol. The number of carbonyl (C=O) groups excluding carboxylic acids is 1. The van der Waals surface area contributed by atoms with Crippen molar-refractivity contribution in [1.82, 2.24) is 15.5 Å². The smallest absolute Gasteiger partial charge is 0.253 e. The number of carbonyl (C=O) groups is 1. The van der Waals surface area contributed by atoms with E-state index in [9.17, 15) is 4.79 Å². The van der Waals surface area contributed by atoms with Gasteiger partial charge in [0.05, 0.1) is 17.5 Å². The molecule has 0 bridgehead atoms. The normalized spacial score (nSPS) is 9.69. The molecular weight excluding hydrogens is 166 g/mol. The standard InChI is InChI=1S/C9H13N3O/c1-3-5-10-9(13)8-4-6-11-12-7(8)2/h4,6H,3,5H2,1-2H3,(H,10,13). The van der Waals surface area contributed by atoms with Crippen LogP contribution < -0.4 is 5.32 Å². The molecule has 0 atom stereocenters. The summed E-state index contributed by atoms with van der Waals surface area (Å²) in [6.07, 6.45) is 2.46. The summed E-state index contributed by atoms with van der Waals surface area (Å²) < 4.78 is 0. The van der Waals surface area contributed by atoms with E-state index in [1.165, 1.54) is 6.20 Å². The number of hydrogen-bond donors (Lipinski definition) is 1. The number of aromatic nitrogens is 2. The first-order valence-corrected chi connectivity index (χ1v) is 4.32. The Morgan fingerprint density at radius 3 is 3.00 bits per heavy atom. The van der Waals surface area contributed by atoms with Crippen LogP contribution in [-0.4, -0.2) is 22.6 Å². The molecule has 0 aliphatic rings. The number of aryl methyl sites for hydroxylation is 1. The number of nitrogens with zero attached hydrogens (tertiary/aromatic N) is 2. The van der Waals surface area contributed by atoms with E-state index in [0.717, 1.165) is 6.42 Å². The van der Waals surface area contributed by atoms with E-state index in [4.69, 9.17) is 0 Å². The summed E-state index contributed by atoms with van der Waals surface area (Å²) in [5.74, 6) is -0.0748. The lowest BCUT2D eigenvalue weighted by Gasteiger charge is -2.04. The fraction of sp³-hybridized carbons (Fsp3) is 0.444. The molecule has 0 fully saturated rings. The van der Waals surface area contributed by atoms with Crippen LogP contribution in [0.5, 0.6) is 0 Å². The molecule has 0 aliphatic heterocycles. The van der Waals surface area contributed by atoms with Gasteiger partial charge in [-0.05, 0) is 19.4 Å². The Kier molecular flexibility index (Phi) is 3.37. The topological polar surface area (TPSA) is 54.9 Å². The highest BCUT2D eigenvalue weighted by molar-refractivity contribution is 5.94. The third-order valence-electron chi connectivity index (χ3n) is 1.69. The van der Waals surface area contributed by atoms with Gasteiger partial charge in [0.2, 0.25) is 0 Å². The van der Waals surface area contributed by atoms with E-state index in [0.29, 0.717) is 17.8 Å². The summed E-state index contributed by atoms with van der Waals surface area (Å²) in [6.45, 7) is 4.48. The van der Waals surface area contributed by atoms with E-state index in [1.54, 1.807) is 13.0 Å². The summed E-state index contributed by atoms with van der Waals surface area (Å²) in [7, 11) is 0. The lowest BCUT2D eigenvalue weighted by atomic mass is 10.2. The fourth-order valence-electron chi connectivity index (χ4n) is 0.976. The van der Waals surface area contributed by atoms with Gasteiger partial charge in [-0.15, -0.1) is 0 Å². The van der Waals surface area contributed by atoms with Crippen LogP contribution >= 0.6 is 0 Å². The molecule has 0 radical (unpaired) electrons. The van der Waals surface area contributed by atoms with Crippen molar-refractivity contribution in [2.45, 2.75) is 20.3 Å². The van der Waals surface area contributed by atoms with E-state index in [-0.39, 0.29) is 5.91 Å². The molecule has 0 aromatic carbocycles. The molecule has 1 aromatic heterocycles. The molecular formula is C9H13N3O. The Morgan fingerprint density at radius 2 is 2.38 bits per heavy atom. The summed E-state index contributed by atoms with van der Waals surface area (Å²) >= 11 is 0. The molecule has 0 saturated carbocycles. The van der Waals surface area contributed by atoms with Gasteiger partial charge >= 0.3 is 0 Å². The van der Waals surface area contributed by atoms with Crippen molar-refractivity contribution in [3.05, 3.63) is 23.5 Å². The minimum atomic E-state index is -0.0748. The van der Waals surface area contributed by atoms with Gasteiger partial charge < -0.3 is 5.32 Å². The second-order valence-electron chi connectivity index (χ2n) is 2.79. The molecule has 4 nitrogen and oxygen atoms in total. The minimum absolute atomic E-state index is 0.0748. The summed E-state index contributed by atoms with van der Waals surface area (Å²) in [6, 6.07) is 1.67. The molecule has 1 rings (SSSR count). The zero-order chi connectivity index (χ0) is 9.68. The van der Waals surface area contributed by atoms with Gasteiger partial charge in [0.25, 0.3) is 5.91 Å². The highest BCUT2D eigenvalue weighted by Gasteiger charge is 2.07. The molecule has 1 heterocycles. The van der Waals surface area contributed by atoms with Crippen molar-refractivity contribution in [2.75, 3.05) is 6.54 Å². The fourth-order valence-corrected chi connectivity index (χ4v) is 0.976. The van der Waals surface area contributed by atoms with E-state index < -0.39 is 0 Å². The summed E-state index contributed by atoms with van der Waals surface area (Å²) in [5.41, 5.74) is 1.26. The van der Waals surface area contributed by atoms with Crippen LogP contribution in [0.3, 0.4) is 0 Å².